The first kappa shape index (κ1) is 19.5. The number of alkyl halides is 3. The minimum atomic E-state index is -1.66. The summed E-state index contributed by atoms with van der Waals surface area (Å²) < 4.78 is -0.778. The van der Waals surface area contributed by atoms with Crippen molar-refractivity contribution in [1.29, 1.82) is 0 Å². The molecule has 3 nitrogen and oxygen atoms in total. The lowest BCUT2D eigenvalue weighted by Gasteiger charge is -2.26. The van der Waals surface area contributed by atoms with Crippen LogP contribution in [-0.2, 0) is 6.42 Å². The third-order valence-electron chi connectivity index (χ3n) is 3.31. The van der Waals surface area contributed by atoms with Gasteiger partial charge in [-0.15, -0.1) is 0 Å². The lowest BCUT2D eigenvalue weighted by atomic mass is 10.1. The largest absolute Gasteiger partial charge is 0.333 e. The van der Waals surface area contributed by atoms with Crippen LogP contribution in [0, 0.1) is 0 Å². The molecule has 0 radical (unpaired) electrons. The molecule has 2 aromatic rings. The Labute approximate surface area is 164 Å². The lowest BCUT2D eigenvalue weighted by Crippen LogP contribution is -2.53. The molecule has 0 fully saturated rings. The van der Waals surface area contributed by atoms with Crippen LogP contribution < -0.4 is 10.6 Å². The monoisotopic (exact) mass is 448 g/mol. The molecule has 0 aliphatic heterocycles. The molecule has 0 saturated heterocycles. The molecule has 0 aliphatic carbocycles. The summed E-state index contributed by atoms with van der Waals surface area (Å²) in [5.41, 5.74) is 1.65. The van der Waals surface area contributed by atoms with Gasteiger partial charge in [-0.1, -0.05) is 81.1 Å². The maximum atomic E-state index is 12.3. The zero-order valence-corrected chi connectivity index (χ0v) is 16.5. The summed E-state index contributed by atoms with van der Waals surface area (Å²) in [6, 6.07) is 16.9. The van der Waals surface area contributed by atoms with Crippen molar-refractivity contribution < 1.29 is 4.79 Å². The number of hydrogen-bond donors (Lipinski definition) is 2. The second-order valence-corrected chi connectivity index (χ2v) is 8.43. The Bertz CT molecular complexity index is 660. The average Bonchev–Trinajstić information content (AvgIpc) is 2.54. The molecule has 1 amide bonds. The van der Waals surface area contributed by atoms with Gasteiger partial charge in [-0.05, 0) is 36.2 Å². The maximum absolute atomic E-state index is 12.3. The number of benzene rings is 2. The SMILES string of the molecule is O=C(N[C@H](NCCc1ccccc1)C(Cl)(Cl)Cl)c1ccc(Br)cc1. The quantitative estimate of drug-likeness (QED) is 0.495. The summed E-state index contributed by atoms with van der Waals surface area (Å²) in [6.45, 7) is 0.559. The van der Waals surface area contributed by atoms with E-state index < -0.39 is 9.96 Å². The third-order valence-corrected chi connectivity index (χ3v) is 4.50. The Hall–Kier alpha value is -0.780. The zero-order chi connectivity index (χ0) is 17.6. The summed E-state index contributed by atoms with van der Waals surface area (Å²) in [5.74, 6) is -0.314. The van der Waals surface area contributed by atoms with E-state index >= 15 is 0 Å². The molecular weight excluding hydrogens is 434 g/mol. The minimum absolute atomic E-state index is 0.314. The molecule has 0 spiro atoms. The van der Waals surface area contributed by atoms with E-state index in [9.17, 15) is 4.79 Å². The van der Waals surface area contributed by atoms with Gasteiger partial charge in [-0.2, -0.15) is 0 Å². The van der Waals surface area contributed by atoms with Gasteiger partial charge in [-0.3, -0.25) is 10.1 Å². The molecule has 0 heterocycles. The van der Waals surface area contributed by atoms with Gasteiger partial charge in [0.1, 0.15) is 6.17 Å². The summed E-state index contributed by atoms with van der Waals surface area (Å²) >= 11 is 21.3. The highest BCUT2D eigenvalue weighted by atomic mass is 79.9. The van der Waals surface area contributed by atoms with E-state index in [1.54, 1.807) is 24.3 Å². The number of halogens is 4. The fourth-order valence-corrected chi connectivity index (χ4v) is 2.73. The van der Waals surface area contributed by atoms with Crippen molar-refractivity contribution in [1.82, 2.24) is 10.6 Å². The highest BCUT2D eigenvalue weighted by Crippen LogP contribution is 2.29. The Morgan fingerprint density at radius 3 is 2.25 bits per heavy atom. The van der Waals surface area contributed by atoms with Crippen LogP contribution in [0.25, 0.3) is 0 Å². The number of carbonyl (C=O) groups excluding carboxylic acids is 1. The van der Waals surface area contributed by atoms with Crippen LogP contribution in [0.5, 0.6) is 0 Å². The zero-order valence-electron chi connectivity index (χ0n) is 12.6. The van der Waals surface area contributed by atoms with Gasteiger partial charge in [-0.25, -0.2) is 0 Å². The molecule has 0 aliphatic rings. The predicted octanol–water partition coefficient (Wildman–Crippen LogP) is 4.71. The first-order chi connectivity index (χ1) is 11.4. The highest BCUT2D eigenvalue weighted by molar-refractivity contribution is 9.10. The number of rotatable bonds is 6. The molecular formula is C17H16BrCl3N2O. The summed E-state index contributed by atoms with van der Waals surface area (Å²) in [4.78, 5) is 12.3. The van der Waals surface area contributed by atoms with Gasteiger partial charge in [0.05, 0.1) is 0 Å². The Kier molecular flexibility index (Phi) is 7.38. The normalized spacial score (nSPS) is 12.7. The van der Waals surface area contributed by atoms with Crippen molar-refractivity contribution in [3.8, 4) is 0 Å². The number of nitrogens with one attached hydrogen (secondary N) is 2. The van der Waals surface area contributed by atoms with Crippen molar-refractivity contribution in [3.63, 3.8) is 0 Å². The summed E-state index contributed by atoms with van der Waals surface area (Å²) in [5, 5.41) is 5.80. The highest BCUT2D eigenvalue weighted by Gasteiger charge is 2.33. The molecule has 2 aromatic carbocycles. The van der Waals surface area contributed by atoms with Gasteiger partial charge >= 0.3 is 0 Å². The van der Waals surface area contributed by atoms with Crippen LogP contribution in [0.3, 0.4) is 0 Å². The molecule has 0 unspecified atom stereocenters. The maximum Gasteiger partial charge on any atom is 0.252 e. The molecule has 2 N–H and O–H groups in total. The van der Waals surface area contributed by atoms with Crippen molar-refractivity contribution >= 4 is 56.6 Å². The van der Waals surface area contributed by atoms with Gasteiger partial charge in [0, 0.05) is 16.6 Å². The van der Waals surface area contributed by atoms with Crippen LogP contribution in [0.15, 0.2) is 59.1 Å². The van der Waals surface area contributed by atoms with Gasteiger partial charge in [0.15, 0.2) is 0 Å². The predicted molar refractivity (Wildman–Crippen MR) is 104 cm³/mol. The number of amides is 1. The summed E-state index contributed by atoms with van der Waals surface area (Å²) in [7, 11) is 0. The molecule has 0 bridgehead atoms. The Balaban J connectivity index is 1.95. The van der Waals surface area contributed by atoms with Gasteiger partial charge in [0.2, 0.25) is 3.79 Å². The Morgan fingerprint density at radius 1 is 1.04 bits per heavy atom. The molecule has 128 valence electrons. The van der Waals surface area contributed by atoms with Crippen molar-refractivity contribution in [2.75, 3.05) is 6.54 Å². The third kappa shape index (κ3) is 6.26. The fourth-order valence-electron chi connectivity index (χ4n) is 2.07. The van der Waals surface area contributed by atoms with Crippen molar-refractivity contribution in [3.05, 3.63) is 70.2 Å². The van der Waals surface area contributed by atoms with Crippen LogP contribution in [0.2, 0.25) is 0 Å². The topological polar surface area (TPSA) is 41.1 Å². The molecule has 0 aromatic heterocycles. The van der Waals surface area contributed by atoms with Crippen molar-refractivity contribution in [2.45, 2.75) is 16.4 Å². The van der Waals surface area contributed by atoms with Crippen LogP contribution in [-0.4, -0.2) is 22.4 Å². The number of hydrogen-bond acceptors (Lipinski definition) is 2. The lowest BCUT2D eigenvalue weighted by molar-refractivity contribution is 0.0930. The van der Waals surface area contributed by atoms with E-state index in [2.05, 4.69) is 26.6 Å². The van der Waals surface area contributed by atoms with Gasteiger partial charge in [0.25, 0.3) is 5.91 Å². The smallest absolute Gasteiger partial charge is 0.252 e. The van der Waals surface area contributed by atoms with Crippen LogP contribution in [0.1, 0.15) is 15.9 Å². The first-order valence-corrected chi connectivity index (χ1v) is 9.19. The second-order valence-electron chi connectivity index (χ2n) is 5.14. The van der Waals surface area contributed by atoms with E-state index in [-0.39, 0.29) is 5.91 Å². The van der Waals surface area contributed by atoms with E-state index in [1.807, 2.05) is 30.3 Å². The first-order valence-electron chi connectivity index (χ1n) is 7.27. The Morgan fingerprint density at radius 2 is 1.67 bits per heavy atom. The number of carbonyl (C=O) groups is 1. The molecule has 24 heavy (non-hydrogen) atoms. The molecule has 1 atom stereocenters. The fraction of sp³-hybridized carbons (Fsp3) is 0.235. The summed E-state index contributed by atoms with van der Waals surface area (Å²) in [6.07, 6.45) is -0.0472. The van der Waals surface area contributed by atoms with E-state index in [0.29, 0.717) is 12.1 Å². The minimum Gasteiger partial charge on any atom is -0.333 e. The van der Waals surface area contributed by atoms with Gasteiger partial charge < -0.3 is 5.32 Å². The standard InChI is InChI=1S/C17H16BrCl3N2O/c18-14-8-6-13(7-9-14)15(24)23-16(17(19,20)21)22-11-10-12-4-2-1-3-5-12/h1-9,16,22H,10-11H2,(H,23,24)/t16-/m0/s1. The van der Waals surface area contributed by atoms with E-state index in [0.717, 1.165) is 16.5 Å². The van der Waals surface area contributed by atoms with E-state index in [1.165, 1.54) is 0 Å². The second kappa shape index (κ2) is 9.07. The van der Waals surface area contributed by atoms with E-state index in [4.69, 9.17) is 34.8 Å². The average molecular weight is 451 g/mol. The van der Waals surface area contributed by atoms with Crippen molar-refractivity contribution in [2.24, 2.45) is 0 Å². The van der Waals surface area contributed by atoms with Crippen LogP contribution in [0.4, 0.5) is 0 Å². The van der Waals surface area contributed by atoms with Crippen LogP contribution >= 0.6 is 50.7 Å². The molecule has 7 heteroatoms. The molecule has 0 saturated carbocycles. The molecule has 2 rings (SSSR count).